The third-order valence-corrected chi connectivity index (χ3v) is 5.25. The van der Waals surface area contributed by atoms with Gasteiger partial charge in [0.2, 0.25) is 12.3 Å². The quantitative estimate of drug-likeness (QED) is 0.753. The second kappa shape index (κ2) is 8.54. The van der Waals surface area contributed by atoms with Gasteiger partial charge >= 0.3 is 6.18 Å². The predicted octanol–water partition coefficient (Wildman–Crippen LogP) is 3.14. The summed E-state index contributed by atoms with van der Waals surface area (Å²) in [5.41, 5.74) is 0.826. The van der Waals surface area contributed by atoms with Gasteiger partial charge in [-0.2, -0.15) is 18.2 Å². The zero-order valence-electron chi connectivity index (χ0n) is 16.5. The van der Waals surface area contributed by atoms with E-state index in [9.17, 15) is 22.7 Å². The van der Waals surface area contributed by atoms with E-state index in [1.54, 1.807) is 12.1 Å². The maximum atomic E-state index is 13.1. The summed E-state index contributed by atoms with van der Waals surface area (Å²) in [6.45, 7) is 2.85. The molecular weight excluding hydrogens is 414 g/mol. The van der Waals surface area contributed by atoms with Crippen molar-refractivity contribution in [3.63, 3.8) is 0 Å². The first-order valence-corrected chi connectivity index (χ1v) is 9.77. The highest BCUT2D eigenvalue weighted by molar-refractivity contribution is 5.89. The molecular formula is C21H21F4N5O. The summed E-state index contributed by atoms with van der Waals surface area (Å²) in [6.07, 6.45) is -4.11. The number of alkyl halides is 3. The van der Waals surface area contributed by atoms with Crippen molar-refractivity contribution in [2.45, 2.75) is 19.1 Å². The molecule has 2 heterocycles. The highest BCUT2D eigenvalue weighted by atomic mass is 19.4. The van der Waals surface area contributed by atoms with Crippen LogP contribution in [0.5, 0.6) is 0 Å². The number of benzene rings is 2. The third-order valence-electron chi connectivity index (χ3n) is 5.25. The molecule has 6 nitrogen and oxygen atoms in total. The monoisotopic (exact) mass is 435 g/mol. The van der Waals surface area contributed by atoms with Crippen molar-refractivity contribution in [3.8, 4) is 0 Å². The number of guanidine groups is 1. The molecule has 1 atom stereocenters. The van der Waals surface area contributed by atoms with E-state index >= 15 is 0 Å². The van der Waals surface area contributed by atoms with Gasteiger partial charge in [0, 0.05) is 38.4 Å². The maximum absolute atomic E-state index is 13.1. The number of piperazine rings is 1. The Hall–Kier alpha value is -3.14. The molecule has 1 unspecified atom stereocenters. The van der Waals surface area contributed by atoms with E-state index in [4.69, 9.17) is 0 Å². The lowest BCUT2D eigenvalue weighted by atomic mass is 10.1. The van der Waals surface area contributed by atoms with Crippen molar-refractivity contribution in [1.82, 2.24) is 9.80 Å². The molecule has 1 fully saturated rings. The number of halogens is 4. The van der Waals surface area contributed by atoms with Gasteiger partial charge in [0.15, 0.2) is 0 Å². The molecule has 10 heteroatoms. The van der Waals surface area contributed by atoms with E-state index in [-0.39, 0.29) is 12.4 Å². The maximum Gasteiger partial charge on any atom is 0.416 e. The summed E-state index contributed by atoms with van der Waals surface area (Å²) < 4.78 is 51.2. The molecule has 2 aromatic carbocycles. The largest absolute Gasteiger partial charge is 0.416 e. The van der Waals surface area contributed by atoms with Crippen LogP contribution >= 0.6 is 0 Å². The molecule has 0 aromatic heterocycles. The number of hydrogen-bond donors (Lipinski definition) is 1. The highest BCUT2D eigenvalue weighted by Gasteiger charge is 2.30. The van der Waals surface area contributed by atoms with Crippen LogP contribution in [0.25, 0.3) is 0 Å². The normalized spacial score (nSPS) is 19.6. The van der Waals surface area contributed by atoms with Gasteiger partial charge in [-0.3, -0.25) is 0 Å². The van der Waals surface area contributed by atoms with Gasteiger partial charge < -0.3 is 19.8 Å². The first-order chi connectivity index (χ1) is 14.8. The van der Waals surface area contributed by atoms with Crippen LogP contribution < -0.4 is 4.90 Å². The van der Waals surface area contributed by atoms with Crippen LogP contribution in [-0.4, -0.2) is 59.7 Å². The number of aliphatic imine (C=N–C) groups is 2. The van der Waals surface area contributed by atoms with Crippen molar-refractivity contribution in [2.24, 2.45) is 9.98 Å². The number of nitrogens with zero attached hydrogens (tertiary/aromatic N) is 5. The molecule has 2 aliphatic heterocycles. The molecule has 0 saturated carbocycles. The van der Waals surface area contributed by atoms with Crippen LogP contribution in [0.1, 0.15) is 11.1 Å². The molecule has 2 aliphatic rings. The summed E-state index contributed by atoms with van der Waals surface area (Å²) in [5, 5.41) is 10.4. The van der Waals surface area contributed by atoms with E-state index in [2.05, 4.69) is 14.9 Å². The van der Waals surface area contributed by atoms with Crippen LogP contribution in [-0.2, 0) is 12.7 Å². The molecule has 2 aromatic rings. The Morgan fingerprint density at radius 3 is 2.10 bits per heavy atom. The fourth-order valence-electron chi connectivity index (χ4n) is 3.51. The van der Waals surface area contributed by atoms with E-state index in [1.807, 2.05) is 4.90 Å². The van der Waals surface area contributed by atoms with Crippen molar-refractivity contribution in [1.29, 1.82) is 0 Å². The van der Waals surface area contributed by atoms with Gasteiger partial charge in [-0.05, 0) is 42.0 Å². The molecule has 1 saturated heterocycles. The van der Waals surface area contributed by atoms with Crippen molar-refractivity contribution in [2.75, 3.05) is 31.1 Å². The van der Waals surface area contributed by atoms with Crippen LogP contribution in [0, 0.1) is 5.82 Å². The predicted molar refractivity (Wildman–Crippen MR) is 109 cm³/mol. The van der Waals surface area contributed by atoms with Gasteiger partial charge in [-0.1, -0.05) is 12.1 Å². The SMILES string of the molecule is OC1N=C(N2CCN(c3ccc(F)cc3)CC2)N=CN1Cc1ccc(C(F)(F)F)cc1. The van der Waals surface area contributed by atoms with Gasteiger partial charge in [0.25, 0.3) is 0 Å². The standard InChI is InChI=1S/C21H21F4N5O/c22-17-5-7-18(8-6-17)28-9-11-29(12-10-28)19-26-14-30(20(31)27-19)13-15-1-3-16(4-2-15)21(23,24)25/h1-8,14,20,31H,9-13H2. The van der Waals surface area contributed by atoms with Gasteiger partial charge in [-0.25, -0.2) is 9.38 Å². The average molecular weight is 435 g/mol. The van der Waals surface area contributed by atoms with Crippen LogP contribution in [0.15, 0.2) is 58.5 Å². The van der Waals surface area contributed by atoms with Crippen LogP contribution in [0.2, 0.25) is 0 Å². The number of hydrogen-bond acceptors (Lipinski definition) is 6. The molecule has 1 N–H and O–H groups in total. The molecule has 0 amide bonds. The first kappa shape index (κ1) is 21.1. The Labute approximate surface area is 176 Å². The van der Waals surface area contributed by atoms with Crippen LogP contribution in [0.3, 0.4) is 0 Å². The smallest absolute Gasteiger partial charge is 0.368 e. The number of rotatable bonds is 3. The molecule has 164 valence electrons. The summed E-state index contributed by atoms with van der Waals surface area (Å²) in [7, 11) is 0. The highest BCUT2D eigenvalue weighted by Crippen LogP contribution is 2.29. The minimum atomic E-state index is -4.38. The van der Waals surface area contributed by atoms with Crippen LogP contribution in [0.4, 0.5) is 23.2 Å². The van der Waals surface area contributed by atoms with E-state index in [0.717, 1.165) is 17.8 Å². The first-order valence-electron chi connectivity index (χ1n) is 9.77. The molecule has 31 heavy (non-hydrogen) atoms. The fourth-order valence-corrected chi connectivity index (χ4v) is 3.51. The van der Waals surface area contributed by atoms with Crippen molar-refractivity contribution < 1.29 is 22.7 Å². The Kier molecular flexibility index (Phi) is 5.81. The molecule has 4 rings (SSSR count). The summed E-state index contributed by atoms with van der Waals surface area (Å²) in [6, 6.07) is 11.1. The minimum absolute atomic E-state index is 0.179. The van der Waals surface area contributed by atoms with Gasteiger partial charge in [0.05, 0.1) is 11.9 Å². The van der Waals surface area contributed by atoms with E-state index in [1.165, 1.54) is 35.5 Å². The number of aliphatic hydroxyl groups is 1. The lowest BCUT2D eigenvalue weighted by Gasteiger charge is -2.38. The minimum Gasteiger partial charge on any atom is -0.368 e. The number of anilines is 1. The zero-order chi connectivity index (χ0) is 22.0. The topological polar surface area (TPSA) is 54.7 Å². The second-order valence-electron chi connectivity index (χ2n) is 7.34. The third kappa shape index (κ3) is 4.96. The van der Waals surface area contributed by atoms with Crippen molar-refractivity contribution >= 4 is 18.0 Å². The fraction of sp³-hybridized carbons (Fsp3) is 0.333. The van der Waals surface area contributed by atoms with Gasteiger partial charge in [-0.15, -0.1) is 0 Å². The van der Waals surface area contributed by atoms with E-state index in [0.29, 0.717) is 37.7 Å². The summed E-state index contributed by atoms with van der Waals surface area (Å²) in [4.78, 5) is 14.1. The van der Waals surface area contributed by atoms with Crippen molar-refractivity contribution in [3.05, 3.63) is 65.5 Å². The Bertz CT molecular complexity index is 951. The number of aliphatic hydroxyl groups excluding tert-OH is 1. The Morgan fingerprint density at radius 1 is 0.903 bits per heavy atom. The zero-order valence-corrected chi connectivity index (χ0v) is 16.5. The average Bonchev–Trinajstić information content (AvgIpc) is 2.76. The summed E-state index contributed by atoms with van der Waals surface area (Å²) >= 11 is 0. The Morgan fingerprint density at radius 2 is 1.52 bits per heavy atom. The van der Waals surface area contributed by atoms with Gasteiger partial charge in [0.1, 0.15) is 5.82 Å². The lowest BCUT2D eigenvalue weighted by molar-refractivity contribution is -0.137. The lowest BCUT2D eigenvalue weighted by Crippen LogP contribution is -2.50. The molecule has 0 spiro atoms. The second-order valence-corrected chi connectivity index (χ2v) is 7.34. The Balaban J connectivity index is 1.33. The van der Waals surface area contributed by atoms with E-state index < -0.39 is 18.1 Å². The summed E-state index contributed by atoms with van der Waals surface area (Å²) in [5.74, 6) is 0.137. The molecule has 0 radical (unpaired) electrons. The molecule has 0 aliphatic carbocycles. The molecule has 0 bridgehead atoms.